The second-order valence-electron chi connectivity index (χ2n) is 7.08. The number of amides is 1. The van der Waals surface area contributed by atoms with E-state index in [0.29, 0.717) is 37.2 Å². The summed E-state index contributed by atoms with van der Waals surface area (Å²) in [6.45, 7) is 1.06. The quantitative estimate of drug-likeness (QED) is 0.756. The van der Waals surface area contributed by atoms with Gasteiger partial charge in [0.25, 0.3) is 0 Å². The SMILES string of the molecule is Cl.NC(C(=O)NCC1(c2cccc(C(F)(F)F)c2)CCOCC1)c1ccccc1. The van der Waals surface area contributed by atoms with Crippen LogP contribution in [0, 0.1) is 0 Å². The number of hydrogen-bond donors (Lipinski definition) is 2. The minimum absolute atomic E-state index is 0. The molecule has 0 aliphatic carbocycles. The number of alkyl halides is 3. The molecular weight excluding hydrogens is 405 g/mol. The van der Waals surface area contributed by atoms with Gasteiger partial charge in [0.05, 0.1) is 5.56 Å². The van der Waals surface area contributed by atoms with Crippen LogP contribution in [-0.2, 0) is 21.1 Å². The zero-order valence-corrected chi connectivity index (χ0v) is 16.6. The van der Waals surface area contributed by atoms with Gasteiger partial charge in [-0.05, 0) is 30.0 Å². The molecule has 29 heavy (non-hydrogen) atoms. The van der Waals surface area contributed by atoms with E-state index in [4.69, 9.17) is 10.5 Å². The third-order valence-electron chi connectivity index (χ3n) is 5.29. The van der Waals surface area contributed by atoms with E-state index in [1.165, 1.54) is 12.1 Å². The number of carbonyl (C=O) groups excluding carboxylic acids is 1. The van der Waals surface area contributed by atoms with Crippen molar-refractivity contribution in [2.75, 3.05) is 19.8 Å². The van der Waals surface area contributed by atoms with E-state index in [0.717, 1.165) is 6.07 Å². The highest BCUT2D eigenvalue weighted by Crippen LogP contribution is 2.37. The Bertz CT molecular complexity index is 809. The Labute approximate surface area is 174 Å². The fourth-order valence-electron chi connectivity index (χ4n) is 3.53. The molecule has 1 atom stereocenters. The molecule has 1 heterocycles. The van der Waals surface area contributed by atoms with E-state index in [1.807, 2.05) is 6.07 Å². The number of ether oxygens (including phenoxy) is 1. The number of hydrogen-bond acceptors (Lipinski definition) is 3. The van der Waals surface area contributed by atoms with Gasteiger partial charge in [0.1, 0.15) is 6.04 Å². The Morgan fingerprint density at radius 3 is 2.38 bits per heavy atom. The molecule has 1 aliphatic heterocycles. The summed E-state index contributed by atoms with van der Waals surface area (Å²) in [6, 6.07) is 13.4. The zero-order chi connectivity index (χ0) is 20.2. The number of benzene rings is 2. The summed E-state index contributed by atoms with van der Waals surface area (Å²) < 4.78 is 44.9. The lowest BCUT2D eigenvalue weighted by Crippen LogP contribution is -2.46. The van der Waals surface area contributed by atoms with Gasteiger partial charge in [-0.3, -0.25) is 4.79 Å². The first-order valence-electron chi connectivity index (χ1n) is 9.16. The van der Waals surface area contributed by atoms with E-state index in [1.54, 1.807) is 30.3 Å². The standard InChI is InChI=1S/C21H23F3N2O2.ClH/c22-21(23,24)17-8-4-7-16(13-17)20(9-11-28-12-10-20)14-26-19(27)18(25)15-5-2-1-3-6-15;/h1-8,13,18H,9-12,14,25H2,(H,26,27);1H. The molecule has 3 rings (SSSR count). The molecule has 1 fully saturated rings. The van der Waals surface area contributed by atoms with Crippen LogP contribution in [0.1, 0.15) is 35.6 Å². The van der Waals surface area contributed by atoms with Gasteiger partial charge in [-0.2, -0.15) is 13.2 Å². The van der Waals surface area contributed by atoms with E-state index >= 15 is 0 Å². The van der Waals surface area contributed by atoms with Crippen molar-refractivity contribution in [3.05, 3.63) is 71.3 Å². The van der Waals surface area contributed by atoms with Crippen LogP contribution in [0.4, 0.5) is 13.2 Å². The summed E-state index contributed by atoms with van der Waals surface area (Å²) >= 11 is 0. The third-order valence-corrected chi connectivity index (χ3v) is 5.29. The van der Waals surface area contributed by atoms with Crippen molar-refractivity contribution in [2.45, 2.75) is 30.5 Å². The second-order valence-corrected chi connectivity index (χ2v) is 7.08. The Balaban J connectivity index is 0.00000300. The van der Waals surface area contributed by atoms with Crippen molar-refractivity contribution in [3.8, 4) is 0 Å². The Morgan fingerprint density at radius 1 is 1.10 bits per heavy atom. The molecule has 4 nitrogen and oxygen atoms in total. The molecule has 2 aromatic carbocycles. The molecular formula is C21H24ClF3N2O2. The smallest absolute Gasteiger partial charge is 0.381 e. The second kappa shape index (κ2) is 9.61. The average molecular weight is 429 g/mol. The van der Waals surface area contributed by atoms with Crippen LogP contribution in [0.3, 0.4) is 0 Å². The number of rotatable bonds is 5. The lowest BCUT2D eigenvalue weighted by atomic mass is 9.73. The van der Waals surface area contributed by atoms with Crippen LogP contribution < -0.4 is 11.1 Å². The molecule has 0 spiro atoms. The van der Waals surface area contributed by atoms with Gasteiger partial charge >= 0.3 is 6.18 Å². The summed E-state index contributed by atoms with van der Waals surface area (Å²) in [5.41, 5.74) is 5.96. The first-order chi connectivity index (χ1) is 13.3. The molecule has 1 aliphatic rings. The van der Waals surface area contributed by atoms with Gasteiger partial charge in [-0.1, -0.05) is 48.5 Å². The molecule has 0 saturated carbocycles. The molecule has 1 unspecified atom stereocenters. The summed E-state index contributed by atoms with van der Waals surface area (Å²) in [7, 11) is 0. The van der Waals surface area contributed by atoms with Crippen LogP contribution in [-0.4, -0.2) is 25.7 Å². The topological polar surface area (TPSA) is 64.4 Å². The fraction of sp³-hybridized carbons (Fsp3) is 0.381. The van der Waals surface area contributed by atoms with E-state index in [-0.39, 0.29) is 24.9 Å². The number of nitrogens with two attached hydrogens (primary N) is 1. The van der Waals surface area contributed by atoms with Crippen LogP contribution >= 0.6 is 12.4 Å². The minimum atomic E-state index is -4.42. The Hall–Kier alpha value is -2.09. The molecule has 3 N–H and O–H groups in total. The molecule has 8 heteroatoms. The maximum absolute atomic E-state index is 13.2. The molecule has 1 saturated heterocycles. The van der Waals surface area contributed by atoms with Gasteiger partial charge in [-0.15, -0.1) is 12.4 Å². The Kier molecular flexibility index (Phi) is 7.68. The van der Waals surface area contributed by atoms with Crippen molar-refractivity contribution in [1.29, 1.82) is 0 Å². The van der Waals surface area contributed by atoms with Crippen molar-refractivity contribution < 1.29 is 22.7 Å². The van der Waals surface area contributed by atoms with E-state index in [9.17, 15) is 18.0 Å². The zero-order valence-electron chi connectivity index (χ0n) is 15.7. The maximum atomic E-state index is 13.2. The van der Waals surface area contributed by atoms with Crippen molar-refractivity contribution in [3.63, 3.8) is 0 Å². The van der Waals surface area contributed by atoms with Crippen molar-refractivity contribution >= 4 is 18.3 Å². The highest BCUT2D eigenvalue weighted by Gasteiger charge is 2.38. The first kappa shape index (κ1) is 23.2. The van der Waals surface area contributed by atoms with Crippen LogP contribution in [0.2, 0.25) is 0 Å². The van der Waals surface area contributed by atoms with Crippen molar-refractivity contribution in [2.24, 2.45) is 5.73 Å². The van der Waals surface area contributed by atoms with E-state index < -0.39 is 23.2 Å². The molecule has 0 aromatic heterocycles. The highest BCUT2D eigenvalue weighted by molar-refractivity contribution is 5.85. The predicted octanol–water partition coefficient (Wildman–Crippen LogP) is 3.99. The molecule has 0 bridgehead atoms. The van der Waals surface area contributed by atoms with Gasteiger partial charge in [0, 0.05) is 25.2 Å². The Morgan fingerprint density at radius 2 is 1.76 bits per heavy atom. The predicted molar refractivity (Wildman–Crippen MR) is 107 cm³/mol. The molecule has 1 amide bonds. The number of halogens is 4. The van der Waals surface area contributed by atoms with Gasteiger partial charge < -0.3 is 15.8 Å². The molecule has 2 aromatic rings. The monoisotopic (exact) mass is 428 g/mol. The molecule has 0 radical (unpaired) electrons. The number of nitrogens with one attached hydrogen (secondary N) is 1. The van der Waals surface area contributed by atoms with Crippen molar-refractivity contribution in [1.82, 2.24) is 5.32 Å². The van der Waals surface area contributed by atoms with Gasteiger partial charge in [-0.25, -0.2) is 0 Å². The first-order valence-corrected chi connectivity index (χ1v) is 9.16. The highest BCUT2D eigenvalue weighted by atomic mass is 35.5. The van der Waals surface area contributed by atoms with E-state index in [2.05, 4.69) is 5.32 Å². The van der Waals surface area contributed by atoms with Gasteiger partial charge in [0.2, 0.25) is 5.91 Å². The normalized spacial score (nSPS) is 17.1. The summed E-state index contributed by atoms with van der Waals surface area (Å²) in [5, 5.41) is 2.85. The maximum Gasteiger partial charge on any atom is 0.416 e. The average Bonchev–Trinajstić information content (AvgIpc) is 2.72. The van der Waals surface area contributed by atoms with Gasteiger partial charge in [0.15, 0.2) is 0 Å². The lowest BCUT2D eigenvalue weighted by Gasteiger charge is -2.38. The summed E-state index contributed by atoms with van der Waals surface area (Å²) in [5.74, 6) is -0.357. The minimum Gasteiger partial charge on any atom is -0.381 e. The fourth-order valence-corrected chi connectivity index (χ4v) is 3.53. The van der Waals surface area contributed by atoms with Crippen LogP contribution in [0.25, 0.3) is 0 Å². The van der Waals surface area contributed by atoms with Crippen LogP contribution in [0.5, 0.6) is 0 Å². The molecule has 158 valence electrons. The van der Waals surface area contributed by atoms with Crippen LogP contribution in [0.15, 0.2) is 54.6 Å². The third kappa shape index (κ3) is 5.50. The summed E-state index contributed by atoms with van der Waals surface area (Å²) in [6.07, 6.45) is -3.37. The largest absolute Gasteiger partial charge is 0.416 e. The number of carbonyl (C=O) groups is 1. The lowest BCUT2D eigenvalue weighted by molar-refractivity contribution is -0.137. The summed E-state index contributed by atoms with van der Waals surface area (Å²) in [4.78, 5) is 12.5.